The van der Waals surface area contributed by atoms with E-state index < -0.39 is 18.1 Å². The maximum Gasteiger partial charge on any atom is 0.407 e. The van der Waals surface area contributed by atoms with Gasteiger partial charge in [-0.2, -0.15) is 0 Å². The quantitative estimate of drug-likeness (QED) is 0.644. The largest absolute Gasteiger partial charge is 0.480 e. The summed E-state index contributed by atoms with van der Waals surface area (Å²) in [5.41, 5.74) is 4.69. The average molecular weight is 477 g/mol. The Labute approximate surface area is 205 Å². The third-order valence-corrected chi connectivity index (χ3v) is 8.01. The summed E-state index contributed by atoms with van der Waals surface area (Å²) in [4.78, 5) is 38.8. The first-order valence-electron chi connectivity index (χ1n) is 12.6. The molecule has 35 heavy (non-hydrogen) atoms. The molecule has 5 rings (SSSR count). The van der Waals surface area contributed by atoms with Crippen LogP contribution in [0.1, 0.15) is 56.1 Å². The molecule has 2 N–H and O–H groups in total. The predicted octanol–water partition coefficient (Wildman–Crippen LogP) is 4.41. The maximum absolute atomic E-state index is 13.0. The van der Waals surface area contributed by atoms with E-state index in [-0.39, 0.29) is 30.4 Å². The molecule has 0 bridgehead atoms. The molecule has 1 saturated carbocycles. The Balaban J connectivity index is 1.12. The maximum atomic E-state index is 13.0. The van der Waals surface area contributed by atoms with E-state index in [0.717, 1.165) is 24.0 Å². The Kier molecular flexibility index (Phi) is 6.50. The molecule has 1 saturated heterocycles. The van der Waals surface area contributed by atoms with Crippen molar-refractivity contribution in [1.29, 1.82) is 0 Å². The van der Waals surface area contributed by atoms with Gasteiger partial charge in [0.2, 0.25) is 5.91 Å². The van der Waals surface area contributed by atoms with Gasteiger partial charge in [0.05, 0.1) is 0 Å². The second kappa shape index (κ2) is 9.72. The van der Waals surface area contributed by atoms with Crippen LogP contribution in [0.5, 0.6) is 0 Å². The number of carbonyl (C=O) groups excluding carboxylic acids is 2. The molecule has 2 amide bonds. The molecule has 2 aliphatic carbocycles. The van der Waals surface area contributed by atoms with Crippen molar-refractivity contribution in [2.45, 2.75) is 57.0 Å². The van der Waals surface area contributed by atoms with E-state index in [1.165, 1.54) is 11.1 Å². The second-order valence-corrected chi connectivity index (χ2v) is 10.0. The number of ether oxygens (including phenoxy) is 1. The molecule has 2 atom stereocenters. The number of carboxylic acid groups (broad SMARTS) is 1. The van der Waals surface area contributed by atoms with Crippen LogP contribution in [0, 0.1) is 11.8 Å². The Morgan fingerprint density at radius 1 is 1.00 bits per heavy atom. The predicted molar refractivity (Wildman–Crippen MR) is 131 cm³/mol. The summed E-state index contributed by atoms with van der Waals surface area (Å²) in [6.45, 7) is 2.81. The molecule has 0 spiro atoms. The van der Waals surface area contributed by atoms with Gasteiger partial charge in [0.15, 0.2) is 0 Å². The molecule has 2 fully saturated rings. The van der Waals surface area contributed by atoms with Crippen LogP contribution in [0.25, 0.3) is 11.1 Å². The Morgan fingerprint density at radius 2 is 1.63 bits per heavy atom. The summed E-state index contributed by atoms with van der Waals surface area (Å²) < 4.78 is 5.61. The van der Waals surface area contributed by atoms with Gasteiger partial charge in [-0.1, -0.05) is 61.9 Å². The molecule has 184 valence electrons. The topological polar surface area (TPSA) is 95.9 Å². The van der Waals surface area contributed by atoms with Crippen LogP contribution in [-0.2, 0) is 14.3 Å². The number of likely N-dealkylation sites (tertiary alicyclic amines) is 1. The van der Waals surface area contributed by atoms with E-state index in [4.69, 9.17) is 4.74 Å². The van der Waals surface area contributed by atoms with Crippen LogP contribution in [0.2, 0.25) is 0 Å². The lowest BCUT2D eigenvalue weighted by atomic mass is 9.78. The fourth-order valence-corrected chi connectivity index (χ4v) is 5.89. The van der Waals surface area contributed by atoms with Crippen molar-refractivity contribution in [1.82, 2.24) is 10.2 Å². The zero-order chi connectivity index (χ0) is 24.5. The smallest absolute Gasteiger partial charge is 0.407 e. The first kappa shape index (κ1) is 23.4. The zero-order valence-corrected chi connectivity index (χ0v) is 20.0. The summed E-state index contributed by atoms with van der Waals surface area (Å²) in [5.74, 6) is -0.914. The van der Waals surface area contributed by atoms with Gasteiger partial charge in [0.1, 0.15) is 12.6 Å². The molecule has 1 heterocycles. The Bertz CT molecular complexity index is 1080. The molecule has 7 nitrogen and oxygen atoms in total. The average Bonchev–Trinajstić information content (AvgIpc) is 3.17. The number of benzene rings is 2. The summed E-state index contributed by atoms with van der Waals surface area (Å²) in [7, 11) is 0. The van der Waals surface area contributed by atoms with Crippen LogP contribution in [0.15, 0.2) is 48.5 Å². The highest BCUT2D eigenvalue weighted by molar-refractivity contribution is 5.86. The van der Waals surface area contributed by atoms with E-state index in [9.17, 15) is 19.5 Å². The molecule has 2 aromatic carbocycles. The van der Waals surface area contributed by atoms with Gasteiger partial charge in [-0.15, -0.1) is 0 Å². The lowest BCUT2D eigenvalue weighted by molar-refractivity contribution is -0.156. The van der Waals surface area contributed by atoms with Gasteiger partial charge in [0, 0.05) is 24.4 Å². The minimum Gasteiger partial charge on any atom is -0.480 e. The van der Waals surface area contributed by atoms with Crippen LogP contribution in [0.3, 0.4) is 0 Å². The van der Waals surface area contributed by atoms with E-state index in [1.807, 2.05) is 24.3 Å². The van der Waals surface area contributed by atoms with Gasteiger partial charge in [-0.3, -0.25) is 4.79 Å². The Morgan fingerprint density at radius 3 is 2.23 bits per heavy atom. The van der Waals surface area contributed by atoms with Gasteiger partial charge < -0.3 is 20.1 Å². The van der Waals surface area contributed by atoms with Crippen molar-refractivity contribution < 1.29 is 24.2 Å². The van der Waals surface area contributed by atoms with Crippen LogP contribution in [-0.4, -0.2) is 53.2 Å². The number of alkyl carbamates (subject to hydrolysis) is 1. The second-order valence-electron chi connectivity index (χ2n) is 10.0. The number of hydrogen-bond acceptors (Lipinski definition) is 4. The van der Waals surface area contributed by atoms with Gasteiger partial charge in [-0.05, 0) is 53.9 Å². The molecule has 3 aliphatic rings. The van der Waals surface area contributed by atoms with Crippen molar-refractivity contribution in [2.24, 2.45) is 11.8 Å². The summed E-state index contributed by atoms with van der Waals surface area (Å²) in [6.07, 6.45) is 2.86. The number of rotatable bonds is 6. The lowest BCUT2D eigenvalue weighted by Gasteiger charge is -2.42. The highest BCUT2D eigenvalue weighted by Crippen LogP contribution is 2.44. The molecule has 0 radical (unpaired) electrons. The number of nitrogens with zero attached hydrogens (tertiary/aromatic N) is 1. The highest BCUT2D eigenvalue weighted by atomic mass is 16.5. The van der Waals surface area contributed by atoms with Crippen LogP contribution >= 0.6 is 0 Å². The number of aliphatic carboxylic acids is 1. The van der Waals surface area contributed by atoms with Gasteiger partial charge in [-0.25, -0.2) is 9.59 Å². The van der Waals surface area contributed by atoms with Crippen molar-refractivity contribution in [3.8, 4) is 11.1 Å². The number of piperidine rings is 1. The third kappa shape index (κ3) is 4.51. The van der Waals surface area contributed by atoms with Gasteiger partial charge >= 0.3 is 12.1 Å². The van der Waals surface area contributed by atoms with Crippen LogP contribution in [0.4, 0.5) is 4.79 Å². The van der Waals surface area contributed by atoms with Crippen molar-refractivity contribution in [3.63, 3.8) is 0 Å². The fourth-order valence-electron chi connectivity index (χ4n) is 5.89. The van der Waals surface area contributed by atoms with Crippen molar-refractivity contribution >= 4 is 18.0 Å². The van der Waals surface area contributed by atoms with E-state index in [1.54, 1.807) is 4.90 Å². The summed E-state index contributed by atoms with van der Waals surface area (Å²) in [5, 5.41) is 12.5. The number of amides is 2. The van der Waals surface area contributed by atoms with Gasteiger partial charge in [0.25, 0.3) is 0 Å². The standard InChI is InChI=1S/C28H32N2O5/c1-2-17-11-12-30(25(13-17)27(32)33)26(31)18-14-19(15-18)29-28(34)35-16-24-22-9-5-3-7-20(22)21-8-4-6-10-23(21)24/h3-10,17-19,24-25H,2,11-16H2,1H3,(H,29,34)(H,32,33). The summed E-state index contributed by atoms with van der Waals surface area (Å²) >= 11 is 0. The number of carbonyl (C=O) groups is 3. The van der Waals surface area contributed by atoms with Crippen molar-refractivity contribution in [3.05, 3.63) is 59.7 Å². The molecule has 1 aliphatic heterocycles. The molecular weight excluding hydrogens is 444 g/mol. The fraction of sp³-hybridized carbons (Fsp3) is 0.464. The first-order chi connectivity index (χ1) is 17.0. The zero-order valence-electron chi connectivity index (χ0n) is 20.0. The minimum absolute atomic E-state index is 0.00265. The number of fused-ring (bicyclic) bond motifs is 3. The van der Waals surface area contributed by atoms with E-state index in [2.05, 4.69) is 36.5 Å². The minimum atomic E-state index is -0.927. The Hall–Kier alpha value is -3.35. The van der Waals surface area contributed by atoms with E-state index in [0.29, 0.717) is 31.7 Å². The van der Waals surface area contributed by atoms with Crippen molar-refractivity contribution in [2.75, 3.05) is 13.2 Å². The number of hydrogen-bond donors (Lipinski definition) is 2. The molecular formula is C28H32N2O5. The summed E-state index contributed by atoms with van der Waals surface area (Å²) in [6, 6.07) is 15.5. The third-order valence-electron chi connectivity index (χ3n) is 8.01. The first-order valence-corrected chi connectivity index (χ1v) is 12.6. The number of nitrogens with one attached hydrogen (secondary N) is 1. The normalized spacial score (nSPS) is 25.2. The SMILES string of the molecule is CCC1CCN(C(=O)C2CC(NC(=O)OCC3c4ccccc4-c4ccccc43)C2)C(C(=O)O)C1. The van der Waals surface area contributed by atoms with Crippen LogP contribution < -0.4 is 5.32 Å². The molecule has 7 heteroatoms. The molecule has 0 aromatic heterocycles. The molecule has 2 unspecified atom stereocenters. The van der Waals surface area contributed by atoms with E-state index >= 15 is 0 Å². The lowest BCUT2D eigenvalue weighted by Crippen LogP contribution is -2.56. The molecule has 2 aromatic rings. The number of carboxylic acids is 1. The highest BCUT2D eigenvalue weighted by Gasteiger charge is 2.43. The monoisotopic (exact) mass is 476 g/mol.